The third-order valence-electron chi connectivity index (χ3n) is 0.365. The van der Waals surface area contributed by atoms with Crippen LogP contribution in [-0.4, -0.2) is 19.5 Å². The summed E-state index contributed by atoms with van der Waals surface area (Å²) in [5.74, 6) is -0.935. The summed E-state index contributed by atoms with van der Waals surface area (Å²) in [6, 6.07) is 0. The number of hydrogen-bond acceptors (Lipinski definition) is 3. The van der Waals surface area contributed by atoms with Gasteiger partial charge in [-0.3, -0.25) is 0 Å². The number of carboxylic acids is 1. The Bertz CT molecular complexity index is 225. The summed E-state index contributed by atoms with van der Waals surface area (Å²) in [4.78, 5) is 9.60. The van der Waals surface area contributed by atoms with Crippen molar-refractivity contribution < 1.29 is 22.2 Å². The Hall–Kier alpha value is -0.950. The van der Waals surface area contributed by atoms with E-state index in [1.54, 1.807) is 0 Å². The molecule has 0 aliphatic rings. The Kier molecular flexibility index (Phi) is 5.55. The van der Waals surface area contributed by atoms with Crippen LogP contribution in [0.15, 0.2) is 12.2 Å². The van der Waals surface area contributed by atoms with E-state index in [0.29, 0.717) is 0 Å². The fourth-order valence-corrected chi connectivity index (χ4v) is 0. The molecular weight excluding hydrogens is 177 g/mol. The van der Waals surface area contributed by atoms with E-state index < -0.39 is 16.4 Å². The zero-order valence-corrected chi connectivity index (χ0v) is 6.56. The minimum Gasteiger partial charge on any atom is -0.478 e. The summed E-state index contributed by atoms with van der Waals surface area (Å²) < 4.78 is 27.9. The second-order valence-corrected chi connectivity index (χ2v) is 2.51. The number of nitrogens with two attached hydrogens (primary N) is 1. The number of carbonyl (C=O) groups is 1. The molecule has 11 heavy (non-hydrogen) atoms. The molecule has 66 valence electrons. The van der Waals surface area contributed by atoms with Gasteiger partial charge in [0.25, 0.3) is 0 Å². The monoisotopic (exact) mass is 185 g/mol. The van der Waals surface area contributed by atoms with Gasteiger partial charge in [-0.05, 0) is 6.92 Å². The van der Waals surface area contributed by atoms with Crippen molar-refractivity contribution in [2.75, 3.05) is 0 Å². The fraction of sp³-hybridized carbons (Fsp3) is 0.250. The first kappa shape index (κ1) is 12.7. The van der Waals surface area contributed by atoms with Crippen LogP contribution in [-0.2, 0) is 15.2 Å². The molecule has 0 saturated heterocycles. The highest BCUT2D eigenvalue weighted by atomic mass is 32.3. The molecule has 0 saturated carbocycles. The van der Waals surface area contributed by atoms with Crippen molar-refractivity contribution in [2.24, 2.45) is 5.14 Å². The number of hydrogen-bond donors (Lipinski definition) is 2. The average Bonchev–Trinajstić information content (AvgIpc) is 1.59. The van der Waals surface area contributed by atoms with E-state index >= 15 is 0 Å². The topological polar surface area (TPSA) is 97.5 Å². The molecule has 0 rings (SSSR count). The van der Waals surface area contributed by atoms with E-state index in [-0.39, 0.29) is 5.57 Å². The maximum Gasteiger partial charge on any atom is 0.369 e. The lowest BCUT2D eigenvalue weighted by atomic mass is 10.4. The predicted octanol–water partition coefficient (Wildman–Crippen LogP) is -0.193. The van der Waals surface area contributed by atoms with E-state index in [1.165, 1.54) is 6.92 Å². The van der Waals surface area contributed by atoms with Gasteiger partial charge in [0.15, 0.2) is 0 Å². The van der Waals surface area contributed by atoms with Crippen LogP contribution in [0.4, 0.5) is 3.89 Å². The van der Waals surface area contributed by atoms with E-state index in [9.17, 15) is 8.68 Å². The molecular formula is C4H8FNO4S. The first-order valence-electron chi connectivity index (χ1n) is 2.25. The standard InChI is InChI=1S/C4H6O2.FH2NO2S/c1-3(2)4(5)6;1-5(2,3)4/h1H2,2H3,(H,5,6);(H2,2,3,4). The van der Waals surface area contributed by atoms with Gasteiger partial charge in [-0.1, -0.05) is 10.5 Å². The summed E-state index contributed by atoms with van der Waals surface area (Å²) in [5.41, 5.74) is 0.176. The molecule has 0 aromatic carbocycles. The summed E-state index contributed by atoms with van der Waals surface area (Å²) in [7, 11) is -4.67. The van der Waals surface area contributed by atoms with Gasteiger partial charge in [0.1, 0.15) is 0 Å². The molecule has 0 bridgehead atoms. The minimum absolute atomic E-state index is 0.176. The van der Waals surface area contributed by atoms with Gasteiger partial charge in [-0.2, -0.15) is 8.42 Å². The SMILES string of the molecule is C=C(C)C(=O)O.NS(=O)(=O)F. The summed E-state index contributed by atoms with van der Waals surface area (Å²) in [6.45, 7) is 4.60. The number of carboxylic acid groups (broad SMARTS) is 1. The Labute approximate surface area is 63.7 Å². The van der Waals surface area contributed by atoms with Gasteiger partial charge in [-0.25, -0.2) is 9.93 Å². The molecule has 0 aliphatic heterocycles. The Morgan fingerprint density at radius 3 is 1.73 bits per heavy atom. The van der Waals surface area contributed by atoms with E-state index in [1.807, 2.05) is 0 Å². The van der Waals surface area contributed by atoms with Crippen LogP contribution in [0.3, 0.4) is 0 Å². The van der Waals surface area contributed by atoms with Gasteiger partial charge >= 0.3 is 16.4 Å². The third kappa shape index (κ3) is 48.4. The summed E-state index contributed by atoms with van der Waals surface area (Å²) in [5, 5.41) is 11.6. The van der Waals surface area contributed by atoms with Gasteiger partial charge in [0.05, 0.1) is 0 Å². The van der Waals surface area contributed by atoms with Crippen LogP contribution in [0.1, 0.15) is 6.92 Å². The van der Waals surface area contributed by atoms with Crippen LogP contribution in [0.5, 0.6) is 0 Å². The Morgan fingerprint density at radius 1 is 1.64 bits per heavy atom. The molecule has 5 nitrogen and oxygen atoms in total. The van der Waals surface area contributed by atoms with Gasteiger partial charge in [-0.15, -0.1) is 0 Å². The molecule has 0 radical (unpaired) electrons. The normalized spacial score (nSPS) is 9.36. The highest BCUT2D eigenvalue weighted by Gasteiger charge is 1.90. The molecule has 0 atom stereocenters. The molecule has 3 N–H and O–H groups in total. The van der Waals surface area contributed by atoms with Gasteiger partial charge < -0.3 is 5.11 Å². The molecule has 7 heteroatoms. The second kappa shape index (κ2) is 4.80. The van der Waals surface area contributed by atoms with Crippen LogP contribution in [0.25, 0.3) is 0 Å². The Morgan fingerprint density at radius 2 is 1.73 bits per heavy atom. The molecule has 0 spiro atoms. The van der Waals surface area contributed by atoms with Gasteiger partial charge in [0, 0.05) is 5.57 Å². The first-order chi connectivity index (χ1) is 4.64. The number of rotatable bonds is 1. The maximum absolute atomic E-state index is 10.4. The van der Waals surface area contributed by atoms with Crippen LogP contribution >= 0.6 is 0 Å². The summed E-state index contributed by atoms with van der Waals surface area (Å²) in [6.07, 6.45) is 0. The lowest BCUT2D eigenvalue weighted by molar-refractivity contribution is -0.132. The minimum atomic E-state index is -4.67. The van der Waals surface area contributed by atoms with Crippen molar-refractivity contribution in [2.45, 2.75) is 6.92 Å². The smallest absolute Gasteiger partial charge is 0.369 e. The molecule has 0 amide bonds. The van der Waals surface area contributed by atoms with E-state index in [2.05, 4.69) is 11.7 Å². The second-order valence-electron chi connectivity index (χ2n) is 1.56. The lowest BCUT2D eigenvalue weighted by Crippen LogP contribution is -2.01. The highest BCUT2D eigenvalue weighted by molar-refractivity contribution is 7.83. The van der Waals surface area contributed by atoms with Crippen LogP contribution < -0.4 is 5.14 Å². The molecule has 0 aromatic heterocycles. The van der Waals surface area contributed by atoms with Gasteiger partial charge in [0.2, 0.25) is 0 Å². The Balaban J connectivity index is 0. The van der Waals surface area contributed by atoms with Crippen molar-refractivity contribution >= 4 is 16.4 Å². The van der Waals surface area contributed by atoms with Crippen molar-refractivity contribution in [3.05, 3.63) is 12.2 Å². The molecule has 0 heterocycles. The number of halogens is 1. The lowest BCUT2D eigenvalue weighted by Gasteiger charge is -1.79. The van der Waals surface area contributed by atoms with Crippen molar-refractivity contribution in [1.82, 2.24) is 0 Å². The van der Waals surface area contributed by atoms with Crippen molar-refractivity contribution in [3.63, 3.8) is 0 Å². The third-order valence-corrected chi connectivity index (χ3v) is 0.365. The van der Waals surface area contributed by atoms with Crippen LogP contribution in [0, 0.1) is 0 Å². The molecule has 0 aromatic rings. The van der Waals surface area contributed by atoms with Crippen molar-refractivity contribution in [3.8, 4) is 0 Å². The highest BCUT2D eigenvalue weighted by Crippen LogP contribution is 1.81. The zero-order chi connectivity index (χ0) is 9.65. The van der Waals surface area contributed by atoms with Crippen molar-refractivity contribution in [1.29, 1.82) is 0 Å². The largest absolute Gasteiger partial charge is 0.478 e. The fourth-order valence-electron chi connectivity index (χ4n) is 0. The van der Waals surface area contributed by atoms with E-state index in [4.69, 9.17) is 13.5 Å². The quantitative estimate of drug-likeness (QED) is 0.437. The van der Waals surface area contributed by atoms with E-state index in [0.717, 1.165) is 0 Å². The average molecular weight is 185 g/mol. The molecule has 0 aliphatic carbocycles. The molecule has 0 fully saturated rings. The maximum atomic E-state index is 10.4. The van der Waals surface area contributed by atoms with Crippen LogP contribution in [0.2, 0.25) is 0 Å². The first-order valence-corrected chi connectivity index (χ1v) is 3.70. The molecule has 0 unspecified atom stereocenters. The summed E-state index contributed by atoms with van der Waals surface area (Å²) >= 11 is 0. The predicted molar refractivity (Wildman–Crippen MR) is 36.7 cm³/mol. The zero-order valence-electron chi connectivity index (χ0n) is 5.74. The number of aliphatic carboxylic acids is 1.